The van der Waals surface area contributed by atoms with Crippen LogP contribution in [0.4, 0.5) is 5.69 Å². The van der Waals surface area contributed by atoms with Crippen molar-refractivity contribution in [3.8, 4) is 5.75 Å². The number of hydrogen-bond acceptors (Lipinski definition) is 4. The molecule has 0 heterocycles. The van der Waals surface area contributed by atoms with E-state index in [9.17, 15) is 4.79 Å². The van der Waals surface area contributed by atoms with Crippen molar-refractivity contribution in [2.24, 2.45) is 5.10 Å². The third-order valence-corrected chi connectivity index (χ3v) is 3.70. The lowest BCUT2D eigenvalue weighted by Gasteiger charge is -2.06. The zero-order valence-electron chi connectivity index (χ0n) is 14.6. The number of nitrogens with zero attached hydrogens (tertiary/aromatic N) is 1. The number of ether oxygens (including phenoxy) is 1. The van der Waals surface area contributed by atoms with Crippen LogP contribution in [0.25, 0.3) is 0 Å². The van der Waals surface area contributed by atoms with Crippen LogP contribution in [0.3, 0.4) is 0 Å². The molecule has 2 rings (SSSR count). The fraction of sp³-hybridized carbons (Fsp3) is 0.300. The van der Waals surface area contributed by atoms with Crippen molar-refractivity contribution in [1.82, 2.24) is 5.43 Å². The molecule has 0 radical (unpaired) electrons. The number of hydrazone groups is 1. The summed E-state index contributed by atoms with van der Waals surface area (Å²) in [5.41, 5.74) is 10.1. The SMILES string of the molecule is CCCCCCOc1ccc(/C=N/NC(=O)c2ccc(N)cc2)cc1. The summed E-state index contributed by atoms with van der Waals surface area (Å²) in [6.45, 7) is 2.93. The molecule has 2 aromatic rings. The van der Waals surface area contributed by atoms with Crippen LogP contribution in [0.2, 0.25) is 0 Å². The molecule has 25 heavy (non-hydrogen) atoms. The molecule has 132 valence electrons. The van der Waals surface area contributed by atoms with Crippen LogP contribution in [0.15, 0.2) is 53.6 Å². The van der Waals surface area contributed by atoms with E-state index in [1.165, 1.54) is 19.3 Å². The minimum absolute atomic E-state index is 0.275. The minimum atomic E-state index is -0.275. The summed E-state index contributed by atoms with van der Waals surface area (Å²) in [6, 6.07) is 14.3. The number of anilines is 1. The summed E-state index contributed by atoms with van der Waals surface area (Å²) in [7, 11) is 0. The fourth-order valence-electron chi connectivity index (χ4n) is 2.23. The molecule has 1 amide bonds. The summed E-state index contributed by atoms with van der Waals surface area (Å²) in [4.78, 5) is 11.9. The Balaban J connectivity index is 1.77. The first-order valence-electron chi connectivity index (χ1n) is 8.61. The maximum atomic E-state index is 11.9. The zero-order valence-corrected chi connectivity index (χ0v) is 14.6. The van der Waals surface area contributed by atoms with Gasteiger partial charge in [-0.2, -0.15) is 5.10 Å². The monoisotopic (exact) mass is 339 g/mol. The molecule has 2 aromatic carbocycles. The van der Waals surface area contributed by atoms with Crippen LogP contribution >= 0.6 is 0 Å². The van der Waals surface area contributed by atoms with E-state index in [-0.39, 0.29) is 5.91 Å². The number of amides is 1. The van der Waals surface area contributed by atoms with E-state index in [1.54, 1.807) is 30.5 Å². The van der Waals surface area contributed by atoms with Crippen molar-refractivity contribution in [2.75, 3.05) is 12.3 Å². The van der Waals surface area contributed by atoms with Crippen LogP contribution < -0.4 is 15.9 Å². The molecule has 0 aliphatic heterocycles. The van der Waals surface area contributed by atoms with Gasteiger partial charge in [-0.3, -0.25) is 4.79 Å². The van der Waals surface area contributed by atoms with Crippen LogP contribution in [0, 0.1) is 0 Å². The van der Waals surface area contributed by atoms with E-state index >= 15 is 0 Å². The number of unbranched alkanes of at least 4 members (excludes halogenated alkanes) is 3. The Morgan fingerprint density at radius 3 is 2.48 bits per heavy atom. The number of nitrogen functional groups attached to an aromatic ring is 1. The van der Waals surface area contributed by atoms with Gasteiger partial charge in [0.05, 0.1) is 12.8 Å². The zero-order chi connectivity index (χ0) is 17.9. The Hall–Kier alpha value is -2.82. The van der Waals surface area contributed by atoms with Crippen molar-refractivity contribution in [1.29, 1.82) is 0 Å². The predicted octanol–water partition coefficient (Wildman–Crippen LogP) is 3.99. The number of rotatable bonds is 9. The molecule has 0 unspecified atom stereocenters. The predicted molar refractivity (Wildman–Crippen MR) is 102 cm³/mol. The summed E-state index contributed by atoms with van der Waals surface area (Å²) >= 11 is 0. The number of nitrogens with one attached hydrogen (secondary N) is 1. The van der Waals surface area contributed by atoms with Gasteiger partial charge in [-0.25, -0.2) is 5.43 Å². The van der Waals surface area contributed by atoms with Gasteiger partial charge in [0.1, 0.15) is 5.75 Å². The Morgan fingerprint density at radius 2 is 1.80 bits per heavy atom. The Bertz CT molecular complexity index is 679. The highest BCUT2D eigenvalue weighted by atomic mass is 16.5. The molecule has 5 nitrogen and oxygen atoms in total. The molecule has 0 saturated heterocycles. The third kappa shape index (κ3) is 6.67. The highest BCUT2D eigenvalue weighted by Crippen LogP contribution is 2.12. The van der Waals surface area contributed by atoms with E-state index in [0.717, 1.165) is 24.3 Å². The van der Waals surface area contributed by atoms with Crippen molar-refractivity contribution in [2.45, 2.75) is 32.6 Å². The Morgan fingerprint density at radius 1 is 1.08 bits per heavy atom. The topological polar surface area (TPSA) is 76.7 Å². The van der Waals surface area contributed by atoms with Crippen molar-refractivity contribution in [3.63, 3.8) is 0 Å². The lowest BCUT2D eigenvalue weighted by Crippen LogP contribution is -2.17. The van der Waals surface area contributed by atoms with E-state index in [0.29, 0.717) is 11.3 Å². The number of carbonyl (C=O) groups is 1. The first-order valence-corrected chi connectivity index (χ1v) is 8.61. The smallest absolute Gasteiger partial charge is 0.271 e. The van der Waals surface area contributed by atoms with E-state index in [4.69, 9.17) is 10.5 Å². The molecule has 0 aromatic heterocycles. The number of carbonyl (C=O) groups excluding carboxylic acids is 1. The highest BCUT2D eigenvalue weighted by Gasteiger charge is 2.02. The fourth-order valence-corrected chi connectivity index (χ4v) is 2.23. The second-order valence-electron chi connectivity index (χ2n) is 5.80. The average Bonchev–Trinajstić information content (AvgIpc) is 2.63. The second-order valence-corrected chi connectivity index (χ2v) is 5.80. The standard InChI is InChI=1S/C20H25N3O2/c1-2-3-4-5-14-25-19-12-6-16(7-13-19)15-22-23-20(24)17-8-10-18(21)11-9-17/h6-13,15H,2-5,14,21H2,1H3,(H,23,24)/b22-15+. The van der Waals surface area contributed by atoms with Gasteiger partial charge in [0, 0.05) is 11.3 Å². The minimum Gasteiger partial charge on any atom is -0.494 e. The normalized spacial score (nSPS) is 10.8. The van der Waals surface area contributed by atoms with E-state index < -0.39 is 0 Å². The largest absolute Gasteiger partial charge is 0.494 e. The quantitative estimate of drug-likeness (QED) is 0.314. The van der Waals surface area contributed by atoms with Crippen LogP contribution in [-0.2, 0) is 0 Å². The summed E-state index contributed by atoms with van der Waals surface area (Å²) in [5.74, 6) is 0.572. The van der Waals surface area contributed by atoms with Gasteiger partial charge < -0.3 is 10.5 Å². The van der Waals surface area contributed by atoms with E-state index in [2.05, 4.69) is 17.5 Å². The van der Waals surface area contributed by atoms with Gasteiger partial charge in [-0.05, 0) is 60.5 Å². The van der Waals surface area contributed by atoms with Crippen molar-refractivity contribution in [3.05, 3.63) is 59.7 Å². The van der Waals surface area contributed by atoms with Gasteiger partial charge in [-0.1, -0.05) is 26.2 Å². The number of hydrogen-bond donors (Lipinski definition) is 2. The summed E-state index contributed by atoms with van der Waals surface area (Å²) in [6.07, 6.45) is 6.35. The molecule has 5 heteroatoms. The number of nitrogens with two attached hydrogens (primary N) is 1. The molecule has 0 bridgehead atoms. The van der Waals surface area contributed by atoms with Gasteiger partial charge >= 0.3 is 0 Å². The molecule has 0 atom stereocenters. The molecule has 0 saturated carbocycles. The first-order chi connectivity index (χ1) is 12.2. The molecule has 0 spiro atoms. The maximum Gasteiger partial charge on any atom is 0.271 e. The molecule has 0 aliphatic rings. The molecule has 0 fully saturated rings. The van der Waals surface area contributed by atoms with Gasteiger partial charge in [0.15, 0.2) is 0 Å². The Labute approximate surface area is 148 Å². The molecular formula is C20H25N3O2. The highest BCUT2D eigenvalue weighted by molar-refractivity contribution is 5.95. The number of benzene rings is 2. The van der Waals surface area contributed by atoms with Crippen LogP contribution in [0.5, 0.6) is 5.75 Å². The van der Waals surface area contributed by atoms with E-state index in [1.807, 2.05) is 24.3 Å². The van der Waals surface area contributed by atoms with Gasteiger partial charge in [-0.15, -0.1) is 0 Å². The first kappa shape index (κ1) is 18.5. The Kier molecular flexibility index (Phi) is 7.50. The van der Waals surface area contributed by atoms with Crippen molar-refractivity contribution >= 4 is 17.8 Å². The van der Waals surface area contributed by atoms with Crippen LogP contribution in [0.1, 0.15) is 48.5 Å². The molecular weight excluding hydrogens is 314 g/mol. The lowest BCUT2D eigenvalue weighted by molar-refractivity contribution is 0.0955. The average molecular weight is 339 g/mol. The third-order valence-electron chi connectivity index (χ3n) is 3.70. The van der Waals surface area contributed by atoms with Gasteiger partial charge in [0.25, 0.3) is 5.91 Å². The molecule has 0 aliphatic carbocycles. The van der Waals surface area contributed by atoms with Gasteiger partial charge in [0.2, 0.25) is 0 Å². The summed E-state index contributed by atoms with van der Waals surface area (Å²) < 4.78 is 5.69. The molecule has 3 N–H and O–H groups in total. The maximum absolute atomic E-state index is 11.9. The van der Waals surface area contributed by atoms with Crippen LogP contribution in [-0.4, -0.2) is 18.7 Å². The van der Waals surface area contributed by atoms with Crippen molar-refractivity contribution < 1.29 is 9.53 Å². The summed E-state index contributed by atoms with van der Waals surface area (Å²) in [5, 5.41) is 3.97. The second kappa shape index (κ2) is 10.1. The lowest BCUT2D eigenvalue weighted by atomic mass is 10.2.